The van der Waals surface area contributed by atoms with Crippen LogP contribution in [0.1, 0.15) is 48.0 Å². The molecule has 0 bridgehead atoms. The largest absolute Gasteiger partial charge is 0.494 e. The van der Waals surface area contributed by atoms with Crippen molar-refractivity contribution in [2.45, 2.75) is 20.0 Å². The van der Waals surface area contributed by atoms with Crippen LogP contribution in [0, 0.1) is 12.7 Å². The molecular formula is C27H25FN4O5. The second kappa shape index (κ2) is 10.9. The van der Waals surface area contributed by atoms with Crippen LogP contribution in [0.25, 0.3) is 5.65 Å². The third kappa shape index (κ3) is 5.58. The van der Waals surface area contributed by atoms with Crippen LogP contribution in [0.4, 0.5) is 4.39 Å². The third-order valence-electron chi connectivity index (χ3n) is 5.76. The summed E-state index contributed by atoms with van der Waals surface area (Å²) >= 11 is 0. The maximum Gasteiger partial charge on any atom is 0.337 e. The molecule has 0 aliphatic heterocycles. The van der Waals surface area contributed by atoms with Crippen LogP contribution in [0.2, 0.25) is 0 Å². The maximum atomic E-state index is 13.5. The number of benzene rings is 2. The number of nitrogens with zero attached hydrogens (tertiary/aromatic N) is 2. The summed E-state index contributed by atoms with van der Waals surface area (Å²) in [6, 6.07) is 14.5. The van der Waals surface area contributed by atoms with Gasteiger partial charge in [-0.05, 0) is 53.9 Å². The smallest absolute Gasteiger partial charge is 0.337 e. The van der Waals surface area contributed by atoms with Gasteiger partial charge in [-0.3, -0.25) is 14.0 Å². The second-order valence-corrected chi connectivity index (χ2v) is 8.24. The van der Waals surface area contributed by atoms with Gasteiger partial charge in [0.2, 0.25) is 0 Å². The van der Waals surface area contributed by atoms with Gasteiger partial charge in [0.1, 0.15) is 22.9 Å². The standard InChI is InChI=1S/C27H25FN4O5/c1-16-12-18(6-9-20(16)28)14-29-25(33)21-15-32-23(31-21)11-10-22(36-2)24(32)26(34)30-13-17-4-7-19(8-5-17)27(35)37-3/h4-12,15H,13-14H2,1-3H3,(H,29,33)(H,30,34). The molecule has 9 nitrogen and oxygen atoms in total. The zero-order valence-corrected chi connectivity index (χ0v) is 20.5. The van der Waals surface area contributed by atoms with E-state index in [4.69, 9.17) is 9.47 Å². The number of rotatable bonds is 8. The fraction of sp³-hybridized carbons (Fsp3) is 0.185. The molecule has 4 aromatic rings. The summed E-state index contributed by atoms with van der Waals surface area (Å²) in [5.41, 5.74) is 3.08. The molecule has 37 heavy (non-hydrogen) atoms. The minimum absolute atomic E-state index is 0.111. The van der Waals surface area contributed by atoms with Crippen LogP contribution >= 0.6 is 0 Å². The molecule has 0 aliphatic carbocycles. The molecule has 0 atom stereocenters. The van der Waals surface area contributed by atoms with E-state index in [1.54, 1.807) is 55.5 Å². The molecule has 190 valence electrons. The highest BCUT2D eigenvalue weighted by atomic mass is 19.1. The normalized spacial score (nSPS) is 10.7. The Balaban J connectivity index is 1.51. The van der Waals surface area contributed by atoms with E-state index < -0.39 is 17.8 Å². The molecule has 0 radical (unpaired) electrons. The van der Waals surface area contributed by atoms with Gasteiger partial charge in [-0.15, -0.1) is 0 Å². The first-order chi connectivity index (χ1) is 17.8. The quantitative estimate of drug-likeness (QED) is 0.356. The Morgan fingerprint density at radius 1 is 0.919 bits per heavy atom. The number of amides is 2. The van der Waals surface area contributed by atoms with Crippen LogP contribution < -0.4 is 15.4 Å². The number of nitrogens with one attached hydrogen (secondary N) is 2. The van der Waals surface area contributed by atoms with E-state index >= 15 is 0 Å². The number of pyridine rings is 1. The number of hydrogen-bond acceptors (Lipinski definition) is 6. The highest BCUT2D eigenvalue weighted by molar-refractivity contribution is 5.97. The molecule has 2 N–H and O–H groups in total. The molecule has 10 heteroatoms. The Hall–Kier alpha value is -4.73. The molecule has 0 unspecified atom stereocenters. The minimum Gasteiger partial charge on any atom is -0.494 e. The minimum atomic E-state index is -0.445. The molecule has 2 aromatic heterocycles. The Labute approximate surface area is 212 Å². The van der Waals surface area contributed by atoms with Crippen molar-refractivity contribution < 1.29 is 28.2 Å². The number of ether oxygens (including phenoxy) is 2. The molecule has 0 aliphatic rings. The van der Waals surface area contributed by atoms with Crippen molar-refractivity contribution >= 4 is 23.4 Å². The molecule has 2 heterocycles. The summed E-state index contributed by atoms with van der Waals surface area (Å²) < 4.78 is 25.1. The van der Waals surface area contributed by atoms with Crippen LogP contribution in [0.5, 0.6) is 5.75 Å². The number of aryl methyl sites for hydroxylation is 1. The first-order valence-electron chi connectivity index (χ1n) is 11.4. The summed E-state index contributed by atoms with van der Waals surface area (Å²) in [7, 11) is 2.75. The highest BCUT2D eigenvalue weighted by Crippen LogP contribution is 2.21. The molecule has 0 spiro atoms. The number of halogens is 1. The first kappa shape index (κ1) is 25.4. The fourth-order valence-corrected chi connectivity index (χ4v) is 3.77. The van der Waals surface area contributed by atoms with Crippen molar-refractivity contribution in [2.24, 2.45) is 0 Å². The van der Waals surface area contributed by atoms with E-state index in [-0.39, 0.29) is 30.3 Å². The van der Waals surface area contributed by atoms with Gasteiger partial charge in [-0.2, -0.15) is 0 Å². The number of carbonyl (C=O) groups excluding carboxylic acids is 3. The zero-order valence-electron chi connectivity index (χ0n) is 20.5. The van der Waals surface area contributed by atoms with Crippen LogP contribution in [-0.2, 0) is 17.8 Å². The number of methoxy groups -OCH3 is 2. The lowest BCUT2D eigenvalue weighted by molar-refractivity contribution is 0.0600. The van der Waals surface area contributed by atoms with Gasteiger partial charge in [-0.1, -0.05) is 24.3 Å². The summed E-state index contributed by atoms with van der Waals surface area (Å²) in [5.74, 6) is -1.34. The Morgan fingerprint density at radius 2 is 1.59 bits per heavy atom. The number of hydrogen-bond donors (Lipinski definition) is 2. The van der Waals surface area contributed by atoms with Gasteiger partial charge in [0.15, 0.2) is 5.69 Å². The predicted molar refractivity (Wildman–Crippen MR) is 133 cm³/mol. The molecular weight excluding hydrogens is 479 g/mol. The average Bonchev–Trinajstić information content (AvgIpc) is 3.36. The van der Waals surface area contributed by atoms with Gasteiger partial charge in [0.05, 0.1) is 19.8 Å². The van der Waals surface area contributed by atoms with E-state index in [1.165, 1.54) is 30.9 Å². The van der Waals surface area contributed by atoms with Crippen molar-refractivity contribution in [1.82, 2.24) is 20.0 Å². The average molecular weight is 505 g/mol. The molecule has 4 rings (SSSR count). The highest BCUT2D eigenvalue weighted by Gasteiger charge is 2.20. The zero-order chi connectivity index (χ0) is 26.5. The number of fused-ring (bicyclic) bond motifs is 1. The van der Waals surface area contributed by atoms with Crippen LogP contribution in [0.3, 0.4) is 0 Å². The van der Waals surface area contributed by atoms with Crippen molar-refractivity contribution in [1.29, 1.82) is 0 Å². The number of aromatic nitrogens is 2. The van der Waals surface area contributed by atoms with Gasteiger partial charge >= 0.3 is 5.97 Å². The Bertz CT molecular complexity index is 1480. The molecule has 2 amide bonds. The lowest BCUT2D eigenvalue weighted by Crippen LogP contribution is -2.25. The van der Waals surface area contributed by atoms with E-state index in [1.807, 2.05) is 0 Å². The molecule has 0 saturated carbocycles. The lowest BCUT2D eigenvalue weighted by Gasteiger charge is -2.11. The Morgan fingerprint density at radius 3 is 2.27 bits per heavy atom. The van der Waals surface area contributed by atoms with Crippen molar-refractivity contribution in [3.8, 4) is 5.75 Å². The van der Waals surface area contributed by atoms with Crippen molar-refractivity contribution in [2.75, 3.05) is 14.2 Å². The maximum absolute atomic E-state index is 13.5. The SMILES string of the molecule is COC(=O)c1ccc(CNC(=O)c2c(OC)ccc3nc(C(=O)NCc4ccc(F)c(C)c4)cn23)cc1. The van der Waals surface area contributed by atoms with E-state index in [9.17, 15) is 18.8 Å². The van der Waals surface area contributed by atoms with Gasteiger partial charge in [-0.25, -0.2) is 14.2 Å². The fourth-order valence-electron chi connectivity index (χ4n) is 3.77. The topological polar surface area (TPSA) is 111 Å². The third-order valence-corrected chi connectivity index (χ3v) is 5.76. The molecule has 0 saturated heterocycles. The van der Waals surface area contributed by atoms with E-state index in [0.29, 0.717) is 22.5 Å². The van der Waals surface area contributed by atoms with Crippen molar-refractivity contribution in [3.05, 3.63) is 100 Å². The molecule has 2 aromatic carbocycles. The lowest BCUT2D eigenvalue weighted by atomic mass is 10.1. The summed E-state index contributed by atoms with van der Waals surface area (Å²) in [6.07, 6.45) is 1.46. The van der Waals surface area contributed by atoms with Gasteiger partial charge in [0, 0.05) is 19.3 Å². The molecule has 0 fully saturated rings. The number of carbonyl (C=O) groups is 3. The Kier molecular flexibility index (Phi) is 7.47. The second-order valence-electron chi connectivity index (χ2n) is 8.24. The first-order valence-corrected chi connectivity index (χ1v) is 11.4. The van der Waals surface area contributed by atoms with Crippen LogP contribution in [-0.4, -0.2) is 41.4 Å². The summed E-state index contributed by atoms with van der Waals surface area (Å²) in [5, 5.41) is 5.59. The van der Waals surface area contributed by atoms with E-state index in [0.717, 1.165) is 11.1 Å². The number of esters is 1. The summed E-state index contributed by atoms with van der Waals surface area (Å²) in [6.45, 7) is 2.04. The van der Waals surface area contributed by atoms with Crippen LogP contribution in [0.15, 0.2) is 60.8 Å². The monoisotopic (exact) mass is 504 g/mol. The summed E-state index contributed by atoms with van der Waals surface area (Å²) in [4.78, 5) is 41.8. The number of imidazole rings is 1. The van der Waals surface area contributed by atoms with Gasteiger partial charge in [0.25, 0.3) is 11.8 Å². The predicted octanol–water partition coefficient (Wildman–Crippen LogP) is 3.44. The van der Waals surface area contributed by atoms with Crippen molar-refractivity contribution in [3.63, 3.8) is 0 Å². The van der Waals surface area contributed by atoms with Gasteiger partial charge < -0.3 is 20.1 Å². The van der Waals surface area contributed by atoms with E-state index in [2.05, 4.69) is 15.6 Å².